The zero-order chi connectivity index (χ0) is 9.84. The lowest BCUT2D eigenvalue weighted by molar-refractivity contribution is 0.620. The summed E-state index contributed by atoms with van der Waals surface area (Å²) in [6, 6.07) is 5.37. The predicted octanol–water partition coefficient (Wildman–Crippen LogP) is 3.90. The second-order valence-electron chi connectivity index (χ2n) is 3.80. The molecule has 0 nitrogen and oxygen atoms in total. The van der Waals surface area contributed by atoms with Gasteiger partial charge in [-0.1, -0.05) is 33.3 Å². The van der Waals surface area contributed by atoms with E-state index in [1.807, 2.05) is 0 Å². The minimum atomic E-state index is -0.102. The molecule has 0 aromatic heterocycles. The molecule has 0 aliphatic heterocycles. The molecule has 0 saturated heterocycles. The Kier molecular flexibility index (Phi) is 3.47. The van der Waals surface area contributed by atoms with Gasteiger partial charge in [0.25, 0.3) is 0 Å². The molecule has 0 spiro atoms. The molecule has 13 heavy (non-hydrogen) atoms. The van der Waals surface area contributed by atoms with Gasteiger partial charge in [-0.25, -0.2) is 4.39 Å². The van der Waals surface area contributed by atoms with Gasteiger partial charge in [-0.2, -0.15) is 0 Å². The van der Waals surface area contributed by atoms with E-state index in [2.05, 4.69) is 26.8 Å². The van der Waals surface area contributed by atoms with Crippen LogP contribution in [0.5, 0.6) is 0 Å². The maximum atomic E-state index is 13.1. The second kappa shape index (κ2) is 4.40. The number of halogens is 1. The van der Waals surface area contributed by atoms with Crippen molar-refractivity contribution in [2.24, 2.45) is 0 Å². The van der Waals surface area contributed by atoms with Crippen LogP contribution in [-0.4, -0.2) is 0 Å². The number of rotatable bonds is 3. The van der Waals surface area contributed by atoms with E-state index in [-0.39, 0.29) is 5.82 Å². The second-order valence-corrected chi connectivity index (χ2v) is 3.80. The van der Waals surface area contributed by atoms with Crippen LogP contribution >= 0.6 is 0 Å². The molecule has 0 aliphatic carbocycles. The van der Waals surface area contributed by atoms with Gasteiger partial charge in [-0.15, -0.1) is 0 Å². The van der Waals surface area contributed by atoms with Crippen molar-refractivity contribution in [1.29, 1.82) is 0 Å². The first-order chi connectivity index (χ1) is 6.13. The van der Waals surface area contributed by atoms with Crippen LogP contribution in [0.25, 0.3) is 0 Å². The standard InChI is InChI=1S/C12H17F/c1-4-5-10-6-11(9(2)3)8-12(13)7-10/h6-9H,4-5H2,1-3H3. The third-order valence-corrected chi connectivity index (χ3v) is 2.19. The molecule has 1 aromatic carbocycles. The van der Waals surface area contributed by atoms with Crippen LogP contribution in [0.3, 0.4) is 0 Å². The first-order valence-corrected chi connectivity index (χ1v) is 4.93. The number of hydrogen-bond donors (Lipinski definition) is 0. The van der Waals surface area contributed by atoms with Crippen LogP contribution in [-0.2, 0) is 6.42 Å². The van der Waals surface area contributed by atoms with Gasteiger partial charge in [-0.05, 0) is 35.6 Å². The first-order valence-electron chi connectivity index (χ1n) is 4.93. The van der Waals surface area contributed by atoms with Gasteiger partial charge < -0.3 is 0 Å². The van der Waals surface area contributed by atoms with Crippen molar-refractivity contribution < 1.29 is 4.39 Å². The highest BCUT2D eigenvalue weighted by atomic mass is 19.1. The summed E-state index contributed by atoms with van der Waals surface area (Å²) in [6.45, 7) is 6.29. The van der Waals surface area contributed by atoms with Gasteiger partial charge in [0.2, 0.25) is 0 Å². The maximum absolute atomic E-state index is 13.1. The molecule has 0 unspecified atom stereocenters. The Balaban J connectivity index is 2.96. The molecule has 0 N–H and O–H groups in total. The zero-order valence-electron chi connectivity index (χ0n) is 8.60. The fourth-order valence-electron chi connectivity index (χ4n) is 1.44. The van der Waals surface area contributed by atoms with E-state index >= 15 is 0 Å². The molecule has 72 valence electrons. The smallest absolute Gasteiger partial charge is 0.123 e. The van der Waals surface area contributed by atoms with Crippen molar-refractivity contribution in [3.05, 3.63) is 35.1 Å². The van der Waals surface area contributed by atoms with Crippen LogP contribution in [0, 0.1) is 5.82 Å². The number of benzene rings is 1. The molecule has 0 saturated carbocycles. The molecular weight excluding hydrogens is 163 g/mol. The third kappa shape index (κ3) is 2.83. The van der Waals surface area contributed by atoms with Crippen LogP contribution in [0.2, 0.25) is 0 Å². The highest BCUT2D eigenvalue weighted by molar-refractivity contribution is 5.26. The summed E-state index contributed by atoms with van der Waals surface area (Å²) in [6.07, 6.45) is 2.04. The fourth-order valence-corrected chi connectivity index (χ4v) is 1.44. The predicted molar refractivity (Wildman–Crippen MR) is 54.5 cm³/mol. The first kappa shape index (κ1) is 10.2. The molecule has 1 rings (SSSR count). The van der Waals surface area contributed by atoms with Crippen molar-refractivity contribution in [1.82, 2.24) is 0 Å². The largest absolute Gasteiger partial charge is 0.207 e. The van der Waals surface area contributed by atoms with Gasteiger partial charge in [0.05, 0.1) is 0 Å². The van der Waals surface area contributed by atoms with Crippen molar-refractivity contribution in [2.75, 3.05) is 0 Å². The summed E-state index contributed by atoms with van der Waals surface area (Å²) in [5.74, 6) is 0.306. The van der Waals surface area contributed by atoms with E-state index in [9.17, 15) is 4.39 Å². The van der Waals surface area contributed by atoms with Gasteiger partial charge in [0, 0.05) is 0 Å². The highest BCUT2D eigenvalue weighted by Crippen LogP contribution is 2.18. The zero-order valence-corrected chi connectivity index (χ0v) is 8.60. The highest BCUT2D eigenvalue weighted by Gasteiger charge is 2.03. The molecule has 1 heteroatoms. The van der Waals surface area contributed by atoms with Crippen LogP contribution < -0.4 is 0 Å². The van der Waals surface area contributed by atoms with E-state index in [0.717, 1.165) is 24.0 Å². The molecular formula is C12H17F. The minimum absolute atomic E-state index is 0.102. The van der Waals surface area contributed by atoms with Crippen LogP contribution in [0.15, 0.2) is 18.2 Å². The SMILES string of the molecule is CCCc1cc(F)cc(C(C)C)c1. The number of aryl methyl sites for hydroxylation is 1. The Morgan fingerprint density at radius 3 is 2.46 bits per heavy atom. The Labute approximate surface area is 79.8 Å². The lowest BCUT2D eigenvalue weighted by Crippen LogP contribution is -1.93. The monoisotopic (exact) mass is 180 g/mol. The van der Waals surface area contributed by atoms with Crippen molar-refractivity contribution in [3.63, 3.8) is 0 Å². The van der Waals surface area contributed by atoms with E-state index in [1.165, 1.54) is 0 Å². The topological polar surface area (TPSA) is 0 Å². The summed E-state index contributed by atoms with van der Waals surface area (Å²) in [5, 5.41) is 0. The van der Waals surface area contributed by atoms with E-state index < -0.39 is 0 Å². The minimum Gasteiger partial charge on any atom is -0.207 e. The molecule has 0 heterocycles. The van der Waals surface area contributed by atoms with E-state index in [4.69, 9.17) is 0 Å². The molecule has 0 atom stereocenters. The summed E-state index contributed by atoms with van der Waals surface area (Å²) >= 11 is 0. The van der Waals surface area contributed by atoms with Crippen LogP contribution in [0.1, 0.15) is 44.2 Å². The third-order valence-electron chi connectivity index (χ3n) is 2.19. The lowest BCUT2D eigenvalue weighted by atomic mass is 9.99. The fraction of sp³-hybridized carbons (Fsp3) is 0.500. The van der Waals surface area contributed by atoms with Crippen LogP contribution in [0.4, 0.5) is 4.39 Å². The van der Waals surface area contributed by atoms with Gasteiger partial charge in [0.15, 0.2) is 0 Å². The van der Waals surface area contributed by atoms with Gasteiger partial charge >= 0.3 is 0 Å². The van der Waals surface area contributed by atoms with Crippen molar-refractivity contribution in [2.45, 2.75) is 39.5 Å². The average Bonchev–Trinajstić information content (AvgIpc) is 2.03. The molecule has 0 radical (unpaired) electrons. The molecule has 0 bridgehead atoms. The van der Waals surface area contributed by atoms with Gasteiger partial charge in [-0.3, -0.25) is 0 Å². The van der Waals surface area contributed by atoms with E-state index in [0.29, 0.717) is 5.92 Å². The Morgan fingerprint density at radius 1 is 1.23 bits per heavy atom. The summed E-state index contributed by atoms with van der Waals surface area (Å²) in [4.78, 5) is 0. The molecule has 0 fully saturated rings. The van der Waals surface area contributed by atoms with Crippen molar-refractivity contribution in [3.8, 4) is 0 Å². The lowest BCUT2D eigenvalue weighted by Gasteiger charge is -2.08. The Hall–Kier alpha value is -0.850. The molecule has 0 amide bonds. The average molecular weight is 180 g/mol. The summed E-state index contributed by atoms with van der Waals surface area (Å²) in [7, 11) is 0. The maximum Gasteiger partial charge on any atom is 0.123 e. The molecule has 0 aliphatic rings. The Bertz CT molecular complexity index is 276. The molecule has 1 aromatic rings. The van der Waals surface area contributed by atoms with Crippen molar-refractivity contribution >= 4 is 0 Å². The normalized spacial score (nSPS) is 10.8. The summed E-state index contributed by atoms with van der Waals surface area (Å²) in [5.41, 5.74) is 2.22. The number of hydrogen-bond acceptors (Lipinski definition) is 0. The Morgan fingerprint density at radius 2 is 1.92 bits per heavy atom. The quantitative estimate of drug-likeness (QED) is 0.661. The summed E-state index contributed by atoms with van der Waals surface area (Å²) < 4.78 is 13.1. The van der Waals surface area contributed by atoms with E-state index in [1.54, 1.807) is 12.1 Å². The van der Waals surface area contributed by atoms with Gasteiger partial charge in [0.1, 0.15) is 5.82 Å².